The fourth-order valence-corrected chi connectivity index (χ4v) is 2.83. The van der Waals surface area contributed by atoms with Crippen LogP contribution in [-0.4, -0.2) is 24.1 Å². The number of carbonyl (C=O) groups excluding carboxylic acids is 1. The van der Waals surface area contributed by atoms with Crippen LogP contribution in [0.3, 0.4) is 0 Å². The first-order valence-corrected chi connectivity index (χ1v) is 8.07. The van der Waals surface area contributed by atoms with Crippen LogP contribution in [0.4, 0.5) is 0 Å². The lowest BCUT2D eigenvalue weighted by Crippen LogP contribution is -2.30. The van der Waals surface area contributed by atoms with Gasteiger partial charge in [0.2, 0.25) is 5.91 Å². The molecule has 0 unspecified atom stereocenters. The van der Waals surface area contributed by atoms with Crippen molar-refractivity contribution in [3.05, 3.63) is 16.1 Å². The summed E-state index contributed by atoms with van der Waals surface area (Å²) in [6, 6.07) is -0.0619. The van der Waals surface area contributed by atoms with E-state index in [1.54, 1.807) is 11.3 Å². The van der Waals surface area contributed by atoms with Crippen LogP contribution in [0.5, 0.6) is 0 Å². The van der Waals surface area contributed by atoms with Crippen LogP contribution < -0.4 is 5.32 Å². The third kappa shape index (κ3) is 4.56. The Balaban J connectivity index is 1.79. The topological polar surface area (TPSA) is 51.2 Å². The molecule has 2 rings (SSSR count). The van der Waals surface area contributed by atoms with Crippen molar-refractivity contribution in [3.8, 4) is 0 Å². The summed E-state index contributed by atoms with van der Waals surface area (Å²) in [5, 5.41) is 5.96. The predicted molar refractivity (Wildman–Crippen MR) is 80.9 cm³/mol. The second kappa shape index (κ2) is 6.22. The van der Waals surface area contributed by atoms with Gasteiger partial charge in [0.1, 0.15) is 11.6 Å². The van der Waals surface area contributed by atoms with Gasteiger partial charge in [-0.3, -0.25) is 4.79 Å². The number of aromatic nitrogens is 1. The lowest BCUT2D eigenvalue weighted by Gasteiger charge is -2.15. The van der Waals surface area contributed by atoms with Crippen molar-refractivity contribution in [2.75, 3.05) is 13.2 Å². The van der Waals surface area contributed by atoms with Gasteiger partial charge in [0.15, 0.2) is 0 Å². The highest BCUT2D eigenvalue weighted by Gasteiger charge is 2.22. The zero-order valence-electron chi connectivity index (χ0n) is 12.7. The van der Waals surface area contributed by atoms with E-state index in [0.29, 0.717) is 12.5 Å². The molecule has 0 spiro atoms. The van der Waals surface area contributed by atoms with Crippen molar-refractivity contribution in [3.63, 3.8) is 0 Å². The molecule has 1 heterocycles. The van der Waals surface area contributed by atoms with Gasteiger partial charge < -0.3 is 10.1 Å². The Labute approximate surface area is 124 Å². The zero-order chi connectivity index (χ0) is 14.8. The Hall–Kier alpha value is -0.940. The zero-order valence-corrected chi connectivity index (χ0v) is 13.5. The maximum atomic E-state index is 11.8. The molecule has 1 atom stereocenters. The Morgan fingerprint density at radius 2 is 2.25 bits per heavy atom. The largest absolute Gasteiger partial charge is 0.371 e. The summed E-state index contributed by atoms with van der Waals surface area (Å²) in [6.07, 6.45) is 2.49. The van der Waals surface area contributed by atoms with Crippen LogP contribution in [0.1, 0.15) is 57.3 Å². The molecule has 0 radical (unpaired) electrons. The van der Waals surface area contributed by atoms with Gasteiger partial charge >= 0.3 is 0 Å². The summed E-state index contributed by atoms with van der Waals surface area (Å²) < 4.78 is 5.39. The maximum Gasteiger partial charge on any atom is 0.246 e. The minimum Gasteiger partial charge on any atom is -0.371 e. The second-order valence-electron chi connectivity index (χ2n) is 6.57. The molecule has 1 aromatic rings. The van der Waals surface area contributed by atoms with E-state index in [4.69, 9.17) is 4.74 Å². The van der Waals surface area contributed by atoms with Crippen molar-refractivity contribution in [2.45, 2.75) is 52.0 Å². The Morgan fingerprint density at radius 1 is 1.55 bits per heavy atom. The Bertz CT molecular complexity index is 461. The highest BCUT2D eigenvalue weighted by Crippen LogP contribution is 2.29. The molecular weight excluding hydrogens is 272 g/mol. The fourth-order valence-electron chi connectivity index (χ4n) is 1.78. The molecule has 1 fully saturated rings. The molecule has 0 aliphatic heterocycles. The van der Waals surface area contributed by atoms with Crippen molar-refractivity contribution >= 4 is 17.2 Å². The highest BCUT2D eigenvalue weighted by atomic mass is 32.1. The van der Waals surface area contributed by atoms with Gasteiger partial charge in [0.25, 0.3) is 0 Å². The van der Waals surface area contributed by atoms with Crippen LogP contribution in [0.2, 0.25) is 0 Å². The summed E-state index contributed by atoms with van der Waals surface area (Å²) in [5.74, 6) is 0.624. The van der Waals surface area contributed by atoms with E-state index in [-0.39, 0.29) is 24.0 Å². The Morgan fingerprint density at radius 3 is 2.80 bits per heavy atom. The average Bonchev–Trinajstić information content (AvgIpc) is 3.01. The van der Waals surface area contributed by atoms with Gasteiger partial charge in [-0.25, -0.2) is 4.98 Å². The maximum absolute atomic E-state index is 11.8. The first-order chi connectivity index (χ1) is 9.36. The van der Waals surface area contributed by atoms with Crippen LogP contribution in [0.25, 0.3) is 0 Å². The molecular formula is C15H24N2O2S. The first-order valence-electron chi connectivity index (χ1n) is 7.19. The van der Waals surface area contributed by atoms with Crippen LogP contribution >= 0.6 is 11.3 Å². The minimum atomic E-state index is -0.0642. The van der Waals surface area contributed by atoms with Crippen LogP contribution in [0.15, 0.2) is 5.38 Å². The molecule has 4 nitrogen and oxygen atoms in total. The summed E-state index contributed by atoms with van der Waals surface area (Å²) in [4.78, 5) is 16.4. The average molecular weight is 296 g/mol. The number of rotatable bonds is 6. The van der Waals surface area contributed by atoms with E-state index in [9.17, 15) is 4.79 Å². The standard InChI is InChI=1S/C15H24N2O2S/c1-10(14-17-12(9-20-14)15(2,3)4)16-13(18)8-19-7-11-5-6-11/h9-11H,5-8H2,1-4H3,(H,16,18)/t10-/m1/s1. The van der Waals surface area contributed by atoms with Crippen molar-refractivity contribution in [1.82, 2.24) is 10.3 Å². The van der Waals surface area contributed by atoms with Crippen molar-refractivity contribution < 1.29 is 9.53 Å². The van der Waals surface area contributed by atoms with Crippen LogP contribution in [-0.2, 0) is 14.9 Å². The lowest BCUT2D eigenvalue weighted by atomic mass is 9.93. The molecule has 0 bridgehead atoms. The molecule has 112 valence electrons. The normalized spacial score (nSPS) is 17.0. The second-order valence-corrected chi connectivity index (χ2v) is 7.46. The molecule has 1 amide bonds. The minimum absolute atomic E-state index is 0.0475. The number of nitrogens with zero attached hydrogens (tertiary/aromatic N) is 1. The number of carbonyl (C=O) groups is 1. The molecule has 0 saturated heterocycles. The molecule has 20 heavy (non-hydrogen) atoms. The number of thiazole rings is 1. The quantitative estimate of drug-likeness (QED) is 0.878. The number of hydrogen-bond acceptors (Lipinski definition) is 4. The first kappa shape index (κ1) is 15.4. The summed E-state index contributed by atoms with van der Waals surface area (Å²) in [7, 11) is 0. The molecule has 1 saturated carbocycles. The summed E-state index contributed by atoms with van der Waals surface area (Å²) >= 11 is 1.60. The predicted octanol–water partition coefficient (Wildman–Crippen LogP) is 3.04. The van der Waals surface area contributed by atoms with E-state index < -0.39 is 0 Å². The van der Waals surface area contributed by atoms with E-state index >= 15 is 0 Å². The molecule has 1 aromatic heterocycles. The number of hydrogen-bond donors (Lipinski definition) is 1. The van der Waals surface area contributed by atoms with E-state index in [1.165, 1.54) is 12.8 Å². The van der Waals surface area contributed by atoms with Gasteiger partial charge in [-0.1, -0.05) is 20.8 Å². The summed E-state index contributed by atoms with van der Waals surface area (Å²) in [5.41, 5.74) is 1.12. The third-order valence-electron chi connectivity index (χ3n) is 3.32. The van der Waals surface area contributed by atoms with Gasteiger partial charge in [-0.2, -0.15) is 0 Å². The molecule has 1 aliphatic carbocycles. The van der Waals surface area contributed by atoms with Gasteiger partial charge in [0.05, 0.1) is 18.3 Å². The molecule has 1 N–H and O–H groups in total. The fraction of sp³-hybridized carbons (Fsp3) is 0.733. The van der Waals surface area contributed by atoms with E-state index in [0.717, 1.165) is 10.7 Å². The van der Waals surface area contributed by atoms with Crippen LogP contribution in [0, 0.1) is 5.92 Å². The monoisotopic (exact) mass is 296 g/mol. The van der Waals surface area contributed by atoms with E-state index in [2.05, 4.69) is 36.5 Å². The Kier molecular flexibility index (Phi) is 4.81. The lowest BCUT2D eigenvalue weighted by molar-refractivity contribution is -0.126. The smallest absolute Gasteiger partial charge is 0.246 e. The van der Waals surface area contributed by atoms with Crippen molar-refractivity contribution in [1.29, 1.82) is 0 Å². The molecule has 0 aromatic carbocycles. The van der Waals surface area contributed by atoms with E-state index in [1.807, 2.05) is 6.92 Å². The van der Waals surface area contributed by atoms with Gasteiger partial charge in [-0.15, -0.1) is 11.3 Å². The van der Waals surface area contributed by atoms with Gasteiger partial charge in [0, 0.05) is 10.8 Å². The molecule has 1 aliphatic rings. The van der Waals surface area contributed by atoms with Gasteiger partial charge in [-0.05, 0) is 25.7 Å². The third-order valence-corrected chi connectivity index (χ3v) is 4.35. The summed E-state index contributed by atoms with van der Waals surface area (Å²) in [6.45, 7) is 9.25. The number of amides is 1. The number of ether oxygens (including phenoxy) is 1. The number of nitrogens with one attached hydrogen (secondary N) is 1. The highest BCUT2D eigenvalue weighted by molar-refractivity contribution is 7.09. The SMILES string of the molecule is C[C@@H](NC(=O)COCC1CC1)c1nc(C(C)(C)C)cs1. The van der Waals surface area contributed by atoms with Crippen molar-refractivity contribution in [2.24, 2.45) is 5.92 Å². The molecule has 5 heteroatoms.